The van der Waals surface area contributed by atoms with Gasteiger partial charge in [0.1, 0.15) is 5.92 Å². The second-order valence-corrected chi connectivity index (χ2v) is 4.77. The van der Waals surface area contributed by atoms with Gasteiger partial charge in [-0.2, -0.15) is 18.3 Å². The van der Waals surface area contributed by atoms with Crippen LogP contribution in [0.3, 0.4) is 0 Å². The van der Waals surface area contributed by atoms with Crippen LogP contribution in [-0.4, -0.2) is 15.7 Å². The van der Waals surface area contributed by atoms with Crippen LogP contribution in [-0.2, 0) is 18.0 Å². The fourth-order valence-corrected chi connectivity index (χ4v) is 2.26. The molecule has 2 rings (SSSR count). The Morgan fingerprint density at radius 2 is 1.95 bits per heavy atom. The maximum Gasteiger partial charge on any atom is 0.435 e. The summed E-state index contributed by atoms with van der Waals surface area (Å²) in [5.41, 5.74) is 5.81. The van der Waals surface area contributed by atoms with Crippen molar-refractivity contribution in [2.24, 2.45) is 12.8 Å². The normalized spacial score (nSPS) is 13.2. The Labute approximate surface area is 119 Å². The third kappa shape index (κ3) is 2.91. The van der Waals surface area contributed by atoms with E-state index in [2.05, 4.69) is 5.10 Å². The van der Waals surface area contributed by atoms with Crippen molar-refractivity contribution in [2.75, 3.05) is 0 Å². The van der Waals surface area contributed by atoms with Crippen molar-refractivity contribution in [3.05, 3.63) is 52.8 Å². The Morgan fingerprint density at radius 1 is 1.33 bits per heavy atom. The minimum absolute atomic E-state index is 0.115. The summed E-state index contributed by atoms with van der Waals surface area (Å²) in [6, 6.07) is 7.79. The quantitative estimate of drug-likeness (QED) is 0.945. The summed E-state index contributed by atoms with van der Waals surface area (Å²) in [7, 11) is 1.36. The Kier molecular flexibility index (Phi) is 3.76. The minimum atomic E-state index is -4.57. The first kappa shape index (κ1) is 15.1. The van der Waals surface area contributed by atoms with Gasteiger partial charge < -0.3 is 5.73 Å². The molecule has 112 valence electrons. The Hall–Kier alpha value is -2.31. The van der Waals surface area contributed by atoms with Crippen LogP contribution >= 0.6 is 0 Å². The fraction of sp³-hybridized carbons (Fsp3) is 0.286. The van der Waals surface area contributed by atoms with Gasteiger partial charge in [-0.05, 0) is 24.1 Å². The second kappa shape index (κ2) is 5.23. The SMILES string of the molecule is Cc1ccccc1C(C(N)=O)c1cc(C(F)(F)F)nn1C. The van der Waals surface area contributed by atoms with E-state index in [1.54, 1.807) is 31.2 Å². The molecule has 0 aliphatic heterocycles. The monoisotopic (exact) mass is 297 g/mol. The molecule has 2 N–H and O–H groups in total. The summed E-state index contributed by atoms with van der Waals surface area (Å²) in [4.78, 5) is 11.8. The molecule has 0 saturated heterocycles. The largest absolute Gasteiger partial charge is 0.435 e. The number of alkyl halides is 3. The molecule has 1 heterocycles. The Bertz CT molecular complexity index is 676. The zero-order chi connectivity index (χ0) is 15.8. The lowest BCUT2D eigenvalue weighted by atomic mass is 9.91. The smallest absolute Gasteiger partial charge is 0.369 e. The molecule has 1 aromatic heterocycles. The van der Waals surface area contributed by atoms with E-state index in [0.717, 1.165) is 16.3 Å². The number of hydrogen-bond acceptors (Lipinski definition) is 2. The highest BCUT2D eigenvalue weighted by Crippen LogP contribution is 2.33. The van der Waals surface area contributed by atoms with E-state index in [4.69, 9.17) is 5.73 Å². The number of carbonyl (C=O) groups excluding carboxylic acids is 1. The molecule has 21 heavy (non-hydrogen) atoms. The highest BCUT2D eigenvalue weighted by atomic mass is 19.4. The van der Waals surface area contributed by atoms with Crippen LogP contribution in [0.1, 0.15) is 28.4 Å². The summed E-state index contributed by atoms with van der Waals surface area (Å²) >= 11 is 0. The van der Waals surface area contributed by atoms with Crippen LogP contribution < -0.4 is 5.73 Å². The van der Waals surface area contributed by atoms with Crippen LogP contribution in [0.5, 0.6) is 0 Å². The predicted octanol–water partition coefficient (Wildman–Crippen LogP) is 2.36. The van der Waals surface area contributed by atoms with Crippen LogP contribution in [0.2, 0.25) is 0 Å². The summed E-state index contributed by atoms with van der Waals surface area (Å²) in [5, 5.41) is 3.42. The van der Waals surface area contributed by atoms with Crippen molar-refractivity contribution < 1.29 is 18.0 Å². The molecule has 1 aromatic carbocycles. The van der Waals surface area contributed by atoms with Crippen molar-refractivity contribution in [3.63, 3.8) is 0 Å². The summed E-state index contributed by atoms with van der Waals surface area (Å²) in [5.74, 6) is -1.69. The number of amides is 1. The molecule has 0 fully saturated rings. The van der Waals surface area contributed by atoms with Gasteiger partial charge in [0.2, 0.25) is 5.91 Å². The van der Waals surface area contributed by atoms with E-state index < -0.39 is 23.7 Å². The van der Waals surface area contributed by atoms with Crippen LogP contribution in [0.15, 0.2) is 30.3 Å². The number of primary amides is 1. The number of nitrogens with two attached hydrogens (primary N) is 1. The van der Waals surface area contributed by atoms with E-state index in [1.807, 2.05) is 0 Å². The number of hydrogen-bond donors (Lipinski definition) is 1. The topological polar surface area (TPSA) is 60.9 Å². The third-order valence-corrected chi connectivity index (χ3v) is 3.29. The van der Waals surface area contributed by atoms with Gasteiger partial charge in [-0.15, -0.1) is 0 Å². The van der Waals surface area contributed by atoms with Crippen LogP contribution in [0.25, 0.3) is 0 Å². The number of benzene rings is 1. The van der Waals surface area contributed by atoms with E-state index in [9.17, 15) is 18.0 Å². The molecule has 0 aliphatic carbocycles. The summed E-state index contributed by atoms with van der Waals surface area (Å²) in [6.07, 6.45) is -4.57. The van der Waals surface area contributed by atoms with E-state index >= 15 is 0 Å². The first-order valence-electron chi connectivity index (χ1n) is 6.17. The standard InChI is InChI=1S/C14H14F3N3O/c1-8-5-3-4-6-9(8)12(13(18)21)10-7-11(14(15,16)17)19-20(10)2/h3-7,12H,1-2H3,(H2,18,21). The second-order valence-electron chi connectivity index (χ2n) is 4.77. The first-order chi connectivity index (χ1) is 9.71. The zero-order valence-corrected chi connectivity index (χ0v) is 11.5. The molecule has 0 spiro atoms. The van der Waals surface area contributed by atoms with Gasteiger partial charge in [-0.25, -0.2) is 0 Å². The van der Waals surface area contributed by atoms with Gasteiger partial charge in [0.15, 0.2) is 5.69 Å². The number of aromatic nitrogens is 2. The number of rotatable bonds is 3. The third-order valence-electron chi connectivity index (χ3n) is 3.29. The molecule has 4 nitrogen and oxygen atoms in total. The summed E-state index contributed by atoms with van der Waals surface area (Å²) < 4.78 is 39.3. The molecule has 1 amide bonds. The number of aryl methyl sites for hydroxylation is 2. The van der Waals surface area contributed by atoms with Crippen molar-refractivity contribution in [3.8, 4) is 0 Å². The molecular formula is C14H14F3N3O. The molecule has 7 heteroatoms. The molecule has 1 atom stereocenters. The van der Waals surface area contributed by atoms with Crippen molar-refractivity contribution in [1.82, 2.24) is 9.78 Å². The maximum absolute atomic E-state index is 12.7. The maximum atomic E-state index is 12.7. The summed E-state index contributed by atoms with van der Waals surface area (Å²) in [6.45, 7) is 1.77. The lowest BCUT2D eigenvalue weighted by Crippen LogP contribution is -2.25. The molecule has 0 bridgehead atoms. The molecule has 0 aliphatic rings. The molecule has 0 saturated carbocycles. The minimum Gasteiger partial charge on any atom is -0.369 e. The van der Waals surface area contributed by atoms with Crippen molar-refractivity contribution in [2.45, 2.75) is 19.0 Å². The molecule has 2 aromatic rings. The van der Waals surface area contributed by atoms with Gasteiger partial charge >= 0.3 is 6.18 Å². The predicted molar refractivity (Wildman–Crippen MR) is 70.4 cm³/mol. The fourth-order valence-electron chi connectivity index (χ4n) is 2.26. The molecule has 1 unspecified atom stereocenters. The van der Waals surface area contributed by atoms with Gasteiger partial charge in [0.25, 0.3) is 0 Å². The van der Waals surface area contributed by atoms with Gasteiger partial charge in [-0.1, -0.05) is 24.3 Å². The number of carbonyl (C=O) groups is 1. The van der Waals surface area contributed by atoms with E-state index in [-0.39, 0.29) is 5.69 Å². The Balaban J connectivity index is 2.58. The molecular weight excluding hydrogens is 283 g/mol. The van der Waals surface area contributed by atoms with Gasteiger partial charge in [0, 0.05) is 7.05 Å². The average molecular weight is 297 g/mol. The lowest BCUT2D eigenvalue weighted by molar-refractivity contribution is -0.141. The average Bonchev–Trinajstić information content (AvgIpc) is 2.74. The molecule has 0 radical (unpaired) electrons. The lowest BCUT2D eigenvalue weighted by Gasteiger charge is -2.16. The van der Waals surface area contributed by atoms with Gasteiger partial charge in [-0.3, -0.25) is 9.48 Å². The van der Waals surface area contributed by atoms with E-state index in [0.29, 0.717) is 5.56 Å². The zero-order valence-electron chi connectivity index (χ0n) is 11.5. The highest BCUT2D eigenvalue weighted by molar-refractivity contribution is 5.85. The highest BCUT2D eigenvalue weighted by Gasteiger charge is 2.36. The van der Waals surface area contributed by atoms with Crippen molar-refractivity contribution >= 4 is 5.91 Å². The van der Waals surface area contributed by atoms with Crippen molar-refractivity contribution in [1.29, 1.82) is 0 Å². The van der Waals surface area contributed by atoms with E-state index in [1.165, 1.54) is 7.05 Å². The van der Waals surface area contributed by atoms with Crippen LogP contribution in [0.4, 0.5) is 13.2 Å². The number of halogens is 3. The number of nitrogens with zero attached hydrogens (tertiary/aromatic N) is 2. The van der Waals surface area contributed by atoms with Crippen LogP contribution in [0, 0.1) is 6.92 Å². The van der Waals surface area contributed by atoms with Gasteiger partial charge in [0.05, 0.1) is 5.69 Å². The first-order valence-corrected chi connectivity index (χ1v) is 6.17. The Morgan fingerprint density at radius 3 is 2.43 bits per heavy atom.